The molecule has 0 heterocycles. The number of rotatable bonds is 29. The minimum atomic E-state index is -5.60. The van der Waals surface area contributed by atoms with Crippen LogP contribution in [-0.2, 0) is 60.9 Å². The summed E-state index contributed by atoms with van der Waals surface area (Å²) in [5.41, 5.74) is -4.10. The average Bonchev–Trinajstić information content (AvgIpc) is 3.05. The molecule has 63 heavy (non-hydrogen) atoms. The molecule has 0 spiro atoms. The predicted octanol–water partition coefficient (Wildman–Crippen LogP) is 4.88. The zero-order chi connectivity index (χ0) is 49.7. The van der Waals surface area contributed by atoms with Crippen LogP contribution in [0.4, 0.5) is 0 Å². The van der Waals surface area contributed by atoms with E-state index in [1.807, 2.05) is 41.5 Å². The molecule has 372 valence electrons. The minimum absolute atomic E-state index is 0.102. The van der Waals surface area contributed by atoms with Crippen molar-refractivity contribution in [1.29, 1.82) is 0 Å². The van der Waals surface area contributed by atoms with Crippen LogP contribution in [0.1, 0.15) is 135 Å². The monoisotopic (exact) mass is 970 g/mol. The maximum Gasteiger partial charge on any atom is 0.472 e. The molecule has 0 aliphatic carbocycles. The van der Waals surface area contributed by atoms with Crippen molar-refractivity contribution in [3.63, 3.8) is 0 Å². The standard InChI is InChI=1S/C39H77N2O19P3/c1-33(2,3)26-35(7,8)31(44)55-23-28(60-32(45)36(9,10)27-34(4,5)6)24-59-63(53,54)58-21-19-41-29(42)22-38(13,14)56-20-17-37(11,12)57-25-30(43)40-18-15-16-39(46,61(47,48)49)62(50,51)52/h28,46H,15-27H2,1-14H3,(H,40,43)(H,41,42)(H,53,54)(H2,47,48,49)(H2,50,51,52). The second-order valence-electron chi connectivity index (χ2n) is 20.7. The number of aliphatic hydroxyl groups is 1. The second-order valence-corrected chi connectivity index (χ2v) is 26.2. The van der Waals surface area contributed by atoms with Crippen LogP contribution in [0.5, 0.6) is 0 Å². The summed E-state index contributed by atoms with van der Waals surface area (Å²) >= 11 is 0. The van der Waals surface area contributed by atoms with Crippen LogP contribution in [0.2, 0.25) is 0 Å². The largest absolute Gasteiger partial charge is 0.472 e. The van der Waals surface area contributed by atoms with E-state index in [1.54, 1.807) is 55.4 Å². The molecule has 8 N–H and O–H groups in total. The molecule has 2 amide bonds. The van der Waals surface area contributed by atoms with Crippen molar-refractivity contribution in [2.45, 2.75) is 158 Å². The number of phosphoric acid groups is 1. The van der Waals surface area contributed by atoms with Crippen molar-refractivity contribution in [2.24, 2.45) is 21.7 Å². The van der Waals surface area contributed by atoms with E-state index < -0.39 is 113 Å². The van der Waals surface area contributed by atoms with Crippen LogP contribution in [-0.4, -0.2) is 122 Å². The van der Waals surface area contributed by atoms with E-state index in [1.165, 1.54) is 0 Å². The summed E-state index contributed by atoms with van der Waals surface area (Å²) in [7, 11) is -16.0. The second kappa shape index (κ2) is 23.8. The molecule has 0 aromatic heterocycles. The first kappa shape index (κ1) is 61.2. The maximum absolute atomic E-state index is 13.2. The highest BCUT2D eigenvalue weighted by Gasteiger charge is 2.58. The Kier molecular flexibility index (Phi) is 23.1. The van der Waals surface area contributed by atoms with E-state index in [4.69, 9.17) is 28.0 Å². The van der Waals surface area contributed by atoms with Gasteiger partial charge in [0.05, 0.1) is 48.3 Å². The summed E-state index contributed by atoms with van der Waals surface area (Å²) in [4.78, 5) is 98.4. The Morgan fingerprint density at radius 2 is 1.08 bits per heavy atom. The van der Waals surface area contributed by atoms with E-state index in [-0.39, 0.29) is 49.8 Å². The van der Waals surface area contributed by atoms with Crippen molar-refractivity contribution in [2.75, 3.05) is 46.1 Å². The lowest BCUT2D eigenvalue weighted by molar-refractivity contribution is -0.173. The third-order valence-corrected chi connectivity index (χ3v) is 14.0. The normalized spacial score (nSPS) is 15.3. The highest BCUT2D eigenvalue weighted by atomic mass is 31.2. The van der Waals surface area contributed by atoms with Crippen LogP contribution < -0.4 is 10.6 Å². The first-order valence-corrected chi connectivity index (χ1v) is 25.3. The number of hydrogen-bond donors (Lipinski definition) is 8. The lowest BCUT2D eigenvalue weighted by Gasteiger charge is -2.33. The van der Waals surface area contributed by atoms with Gasteiger partial charge in [-0.15, -0.1) is 0 Å². The predicted molar refractivity (Wildman–Crippen MR) is 232 cm³/mol. The molecule has 0 aliphatic heterocycles. The van der Waals surface area contributed by atoms with Gasteiger partial charge >= 0.3 is 35.0 Å². The van der Waals surface area contributed by atoms with Gasteiger partial charge in [-0.2, -0.15) is 0 Å². The lowest BCUT2D eigenvalue weighted by atomic mass is 9.76. The molecule has 2 atom stereocenters. The summed E-state index contributed by atoms with van der Waals surface area (Å²) in [6.07, 6.45) is -1.47. The van der Waals surface area contributed by atoms with Gasteiger partial charge in [0.2, 0.25) is 11.8 Å². The van der Waals surface area contributed by atoms with E-state index >= 15 is 0 Å². The van der Waals surface area contributed by atoms with Gasteiger partial charge in [0, 0.05) is 19.5 Å². The van der Waals surface area contributed by atoms with Crippen LogP contribution in [0.25, 0.3) is 0 Å². The fraction of sp³-hybridized carbons (Fsp3) is 0.897. The third-order valence-electron chi connectivity index (χ3n) is 9.15. The zero-order valence-corrected chi connectivity index (χ0v) is 42.3. The van der Waals surface area contributed by atoms with Crippen LogP contribution in [0, 0.1) is 21.7 Å². The van der Waals surface area contributed by atoms with Gasteiger partial charge in [-0.05, 0) is 91.9 Å². The Bertz CT molecular complexity index is 1640. The van der Waals surface area contributed by atoms with Gasteiger partial charge < -0.3 is 59.2 Å². The fourth-order valence-corrected chi connectivity index (χ4v) is 9.63. The Morgan fingerprint density at radius 1 is 0.587 bits per heavy atom. The molecule has 0 saturated heterocycles. The van der Waals surface area contributed by atoms with E-state index in [9.17, 15) is 62.4 Å². The first-order chi connectivity index (χ1) is 28.0. The fourth-order valence-electron chi connectivity index (χ4n) is 6.62. The topological polar surface area (TPSA) is 320 Å². The average molecular weight is 971 g/mol. The molecule has 0 radical (unpaired) electrons. The van der Waals surface area contributed by atoms with Gasteiger partial charge in [-0.1, -0.05) is 41.5 Å². The molecule has 0 aromatic rings. The van der Waals surface area contributed by atoms with Gasteiger partial charge in [0.25, 0.3) is 5.08 Å². The summed E-state index contributed by atoms with van der Waals surface area (Å²) in [5.74, 6) is -2.26. The molecule has 24 heteroatoms. The maximum atomic E-state index is 13.2. The molecule has 0 bridgehead atoms. The number of carbonyl (C=O) groups excluding carboxylic acids is 4. The van der Waals surface area contributed by atoms with Crippen LogP contribution >= 0.6 is 23.0 Å². The molecule has 0 rings (SSSR count). The van der Waals surface area contributed by atoms with Gasteiger partial charge in [-0.3, -0.25) is 37.4 Å². The number of ether oxygens (including phenoxy) is 4. The smallest absolute Gasteiger partial charge is 0.461 e. The van der Waals surface area contributed by atoms with Crippen molar-refractivity contribution >= 4 is 46.8 Å². The Hall–Kier alpha value is -1.83. The van der Waals surface area contributed by atoms with Gasteiger partial charge in [-0.25, -0.2) is 4.57 Å². The van der Waals surface area contributed by atoms with Gasteiger partial charge in [0.1, 0.15) is 13.2 Å². The highest BCUT2D eigenvalue weighted by Crippen LogP contribution is 2.69. The van der Waals surface area contributed by atoms with Crippen LogP contribution in [0.3, 0.4) is 0 Å². The number of hydrogen-bond acceptors (Lipinski definition) is 14. The van der Waals surface area contributed by atoms with Crippen molar-refractivity contribution < 1.29 is 90.4 Å². The van der Waals surface area contributed by atoms with Crippen molar-refractivity contribution in [3.8, 4) is 0 Å². The van der Waals surface area contributed by atoms with E-state index in [0.717, 1.165) is 0 Å². The molecule has 0 fully saturated rings. The molecular weight excluding hydrogens is 893 g/mol. The van der Waals surface area contributed by atoms with Crippen molar-refractivity contribution in [1.82, 2.24) is 10.6 Å². The summed E-state index contributed by atoms with van der Waals surface area (Å²) in [5, 5.41) is 11.3. The zero-order valence-electron chi connectivity index (χ0n) is 39.6. The van der Waals surface area contributed by atoms with Crippen LogP contribution in [0.15, 0.2) is 0 Å². The first-order valence-electron chi connectivity index (χ1n) is 20.6. The van der Waals surface area contributed by atoms with E-state index in [2.05, 4.69) is 10.6 Å². The minimum Gasteiger partial charge on any atom is -0.461 e. The summed E-state index contributed by atoms with van der Waals surface area (Å²) in [6, 6.07) is 0. The molecule has 21 nitrogen and oxygen atoms in total. The van der Waals surface area contributed by atoms with Gasteiger partial charge in [0.15, 0.2) is 6.10 Å². The lowest BCUT2D eigenvalue weighted by Crippen LogP contribution is -2.39. The quantitative estimate of drug-likeness (QED) is 0.0281. The Morgan fingerprint density at radius 3 is 1.57 bits per heavy atom. The Balaban J connectivity index is 5.02. The number of carbonyl (C=O) groups is 4. The highest BCUT2D eigenvalue weighted by molar-refractivity contribution is 7.72. The molecular formula is C39H77N2O19P3. The van der Waals surface area contributed by atoms with Crippen molar-refractivity contribution in [3.05, 3.63) is 0 Å². The number of nitrogens with one attached hydrogen (secondary N) is 2. The molecule has 2 unspecified atom stereocenters. The molecule has 0 aromatic carbocycles. The summed E-state index contributed by atoms with van der Waals surface area (Å²) in [6.45, 7) is 23.2. The Labute approximate surface area is 372 Å². The number of esters is 2. The van der Waals surface area contributed by atoms with E-state index in [0.29, 0.717) is 12.8 Å². The summed E-state index contributed by atoms with van der Waals surface area (Å²) < 4.78 is 68.6. The SMILES string of the molecule is CC(C)(C)CC(C)(C)C(=O)OCC(COP(=O)(O)OCCNC(=O)CC(C)(C)OCCC(C)(C)OCC(=O)NCCCC(O)(P(=O)(O)O)P(=O)(O)O)OC(=O)C(C)(C)CC(C)(C)C. The third kappa shape index (κ3) is 25.0. The number of amides is 2. The molecule has 0 aliphatic rings. The molecule has 0 saturated carbocycles. The number of phosphoric ester groups is 1.